The molecule has 0 unspecified atom stereocenters. The van der Waals surface area contributed by atoms with E-state index < -0.39 is 5.60 Å². The third-order valence-electron chi connectivity index (χ3n) is 2.56. The van der Waals surface area contributed by atoms with E-state index in [4.69, 9.17) is 0 Å². The lowest BCUT2D eigenvalue weighted by Crippen LogP contribution is -2.60. The Hall–Kier alpha value is -0.910. The van der Waals surface area contributed by atoms with Crippen LogP contribution in [-0.4, -0.2) is 33.2 Å². The fourth-order valence-corrected chi connectivity index (χ4v) is 2.46. The SMILES string of the molecule is OC1(Cc2cn3ccsc3n2)CNC1. The van der Waals surface area contributed by atoms with E-state index >= 15 is 0 Å². The van der Waals surface area contributed by atoms with Crippen LogP contribution in [0.5, 0.6) is 0 Å². The van der Waals surface area contributed by atoms with Gasteiger partial charge < -0.3 is 10.4 Å². The second-order valence-corrected chi connectivity index (χ2v) is 4.70. The number of nitrogens with one attached hydrogen (secondary N) is 1. The van der Waals surface area contributed by atoms with Gasteiger partial charge in [-0.25, -0.2) is 4.98 Å². The largest absolute Gasteiger partial charge is 0.387 e. The molecular formula is C9H11N3OS. The zero-order valence-corrected chi connectivity index (χ0v) is 8.42. The summed E-state index contributed by atoms with van der Waals surface area (Å²) >= 11 is 1.61. The number of nitrogens with zero attached hydrogens (tertiary/aromatic N) is 2. The number of thiazole rings is 1. The van der Waals surface area contributed by atoms with Crippen LogP contribution in [0.2, 0.25) is 0 Å². The molecule has 3 heterocycles. The van der Waals surface area contributed by atoms with Gasteiger partial charge in [0, 0.05) is 37.3 Å². The monoisotopic (exact) mass is 209 g/mol. The molecule has 1 fully saturated rings. The van der Waals surface area contributed by atoms with E-state index in [2.05, 4.69) is 10.3 Å². The van der Waals surface area contributed by atoms with Gasteiger partial charge in [0.1, 0.15) is 0 Å². The number of fused-ring (bicyclic) bond motifs is 1. The summed E-state index contributed by atoms with van der Waals surface area (Å²) in [5.74, 6) is 0. The van der Waals surface area contributed by atoms with Crippen molar-refractivity contribution in [3.63, 3.8) is 0 Å². The maximum absolute atomic E-state index is 9.92. The van der Waals surface area contributed by atoms with Crippen molar-refractivity contribution < 1.29 is 5.11 Å². The van der Waals surface area contributed by atoms with E-state index in [9.17, 15) is 5.11 Å². The van der Waals surface area contributed by atoms with Crippen LogP contribution in [0.25, 0.3) is 4.96 Å². The molecule has 2 N–H and O–H groups in total. The van der Waals surface area contributed by atoms with Crippen molar-refractivity contribution in [3.8, 4) is 0 Å². The normalized spacial score (nSPS) is 19.8. The van der Waals surface area contributed by atoms with Gasteiger partial charge in [0.15, 0.2) is 4.96 Å². The van der Waals surface area contributed by atoms with Gasteiger partial charge >= 0.3 is 0 Å². The van der Waals surface area contributed by atoms with Crippen LogP contribution in [-0.2, 0) is 6.42 Å². The molecule has 0 amide bonds. The second kappa shape index (κ2) is 2.79. The topological polar surface area (TPSA) is 49.6 Å². The Balaban J connectivity index is 1.88. The highest BCUT2D eigenvalue weighted by Crippen LogP contribution is 2.19. The van der Waals surface area contributed by atoms with Gasteiger partial charge in [-0.1, -0.05) is 0 Å². The lowest BCUT2D eigenvalue weighted by Gasteiger charge is -2.37. The van der Waals surface area contributed by atoms with E-state index in [0.29, 0.717) is 19.5 Å². The van der Waals surface area contributed by atoms with Crippen molar-refractivity contribution in [2.45, 2.75) is 12.0 Å². The van der Waals surface area contributed by atoms with Crippen LogP contribution < -0.4 is 5.32 Å². The van der Waals surface area contributed by atoms with Crippen molar-refractivity contribution >= 4 is 16.3 Å². The van der Waals surface area contributed by atoms with E-state index in [1.165, 1.54) is 0 Å². The summed E-state index contributed by atoms with van der Waals surface area (Å²) in [6.45, 7) is 1.36. The summed E-state index contributed by atoms with van der Waals surface area (Å²) < 4.78 is 2.00. The van der Waals surface area contributed by atoms with Crippen molar-refractivity contribution in [2.24, 2.45) is 0 Å². The molecule has 1 saturated heterocycles. The highest BCUT2D eigenvalue weighted by molar-refractivity contribution is 7.15. The van der Waals surface area contributed by atoms with Crippen molar-refractivity contribution in [1.29, 1.82) is 0 Å². The van der Waals surface area contributed by atoms with Gasteiger partial charge in [-0.05, 0) is 0 Å². The van der Waals surface area contributed by atoms with Crippen LogP contribution in [0.3, 0.4) is 0 Å². The molecule has 1 aliphatic heterocycles. The molecule has 0 spiro atoms. The predicted octanol–water partition coefficient (Wildman–Crippen LogP) is 0.273. The summed E-state index contributed by atoms with van der Waals surface area (Å²) in [7, 11) is 0. The number of rotatable bonds is 2. The molecule has 0 saturated carbocycles. The third-order valence-corrected chi connectivity index (χ3v) is 3.33. The van der Waals surface area contributed by atoms with Crippen molar-refractivity contribution in [2.75, 3.05) is 13.1 Å². The Morgan fingerprint density at radius 2 is 2.50 bits per heavy atom. The molecule has 1 aliphatic rings. The van der Waals surface area contributed by atoms with Gasteiger partial charge in [-0.15, -0.1) is 11.3 Å². The quantitative estimate of drug-likeness (QED) is 0.746. The zero-order chi connectivity index (χ0) is 9.60. The minimum absolute atomic E-state index is 0.565. The maximum Gasteiger partial charge on any atom is 0.193 e. The Labute approximate surface area is 85.2 Å². The van der Waals surface area contributed by atoms with Gasteiger partial charge in [-0.3, -0.25) is 4.40 Å². The Bertz CT molecular complexity index is 429. The van der Waals surface area contributed by atoms with Gasteiger partial charge in [0.2, 0.25) is 0 Å². The first-order chi connectivity index (χ1) is 6.75. The number of aliphatic hydroxyl groups is 1. The molecule has 4 nitrogen and oxygen atoms in total. The molecule has 3 rings (SSSR count). The lowest BCUT2D eigenvalue weighted by molar-refractivity contribution is -0.00971. The average molecular weight is 209 g/mol. The van der Waals surface area contributed by atoms with Gasteiger partial charge in [0.05, 0.1) is 11.3 Å². The smallest absolute Gasteiger partial charge is 0.193 e. The first-order valence-corrected chi connectivity index (χ1v) is 5.47. The van der Waals surface area contributed by atoms with Crippen LogP contribution in [0.15, 0.2) is 17.8 Å². The molecule has 14 heavy (non-hydrogen) atoms. The average Bonchev–Trinajstić information content (AvgIpc) is 2.60. The zero-order valence-electron chi connectivity index (χ0n) is 7.60. The lowest BCUT2D eigenvalue weighted by atomic mass is 9.92. The first kappa shape index (κ1) is 8.40. The van der Waals surface area contributed by atoms with Crippen LogP contribution in [0.1, 0.15) is 5.69 Å². The number of hydrogen-bond acceptors (Lipinski definition) is 4. The maximum atomic E-state index is 9.92. The molecule has 0 atom stereocenters. The molecule has 0 radical (unpaired) electrons. The molecule has 0 bridgehead atoms. The summed E-state index contributed by atoms with van der Waals surface area (Å²) in [6, 6.07) is 0. The first-order valence-electron chi connectivity index (χ1n) is 4.59. The fourth-order valence-electron chi connectivity index (χ4n) is 1.74. The Morgan fingerprint density at radius 1 is 1.64 bits per heavy atom. The fraction of sp³-hybridized carbons (Fsp3) is 0.444. The van der Waals surface area contributed by atoms with E-state index in [1.807, 2.05) is 22.2 Å². The standard InChI is InChI=1S/C9H11N3OS/c13-9(5-10-6-9)3-7-4-12-1-2-14-8(12)11-7/h1-2,4,10,13H,3,5-6H2. The molecule has 74 valence electrons. The number of imidazole rings is 1. The van der Waals surface area contributed by atoms with Crippen molar-refractivity contribution in [3.05, 3.63) is 23.5 Å². The van der Waals surface area contributed by atoms with E-state index in [-0.39, 0.29) is 0 Å². The molecule has 0 aliphatic carbocycles. The summed E-state index contributed by atoms with van der Waals surface area (Å²) in [5, 5.41) is 15.0. The molecular weight excluding hydrogens is 198 g/mol. The molecule has 0 aromatic carbocycles. The van der Waals surface area contributed by atoms with Gasteiger partial charge in [-0.2, -0.15) is 0 Å². The highest BCUT2D eigenvalue weighted by atomic mass is 32.1. The van der Waals surface area contributed by atoms with Crippen molar-refractivity contribution in [1.82, 2.24) is 14.7 Å². The van der Waals surface area contributed by atoms with Crippen LogP contribution >= 0.6 is 11.3 Å². The molecule has 2 aromatic heterocycles. The number of aromatic nitrogens is 2. The molecule has 2 aromatic rings. The van der Waals surface area contributed by atoms with E-state index in [1.54, 1.807) is 11.3 Å². The Kier molecular flexibility index (Phi) is 1.67. The minimum Gasteiger partial charge on any atom is -0.387 e. The number of β-amino-alcohol motifs (C(OH)–C–C–N with tert-alkyl or cyclic N) is 1. The van der Waals surface area contributed by atoms with Gasteiger partial charge in [0.25, 0.3) is 0 Å². The number of hydrogen-bond donors (Lipinski definition) is 2. The molecule has 5 heteroatoms. The Morgan fingerprint density at radius 3 is 3.14 bits per heavy atom. The highest BCUT2D eigenvalue weighted by Gasteiger charge is 2.35. The van der Waals surface area contributed by atoms with E-state index in [0.717, 1.165) is 10.7 Å². The second-order valence-electron chi connectivity index (χ2n) is 3.83. The summed E-state index contributed by atoms with van der Waals surface area (Å²) in [5.41, 5.74) is 0.408. The van der Waals surface area contributed by atoms with Crippen LogP contribution in [0, 0.1) is 0 Å². The third kappa shape index (κ3) is 1.25. The predicted molar refractivity (Wildman–Crippen MR) is 54.6 cm³/mol. The minimum atomic E-state index is -0.565. The summed E-state index contributed by atoms with van der Waals surface area (Å²) in [6.07, 6.45) is 4.62. The summed E-state index contributed by atoms with van der Waals surface area (Å²) in [4.78, 5) is 5.43. The van der Waals surface area contributed by atoms with Crippen LogP contribution in [0.4, 0.5) is 0 Å².